The molecule has 3 N–H and O–H groups in total. The van der Waals surface area contributed by atoms with Crippen LogP contribution in [0.1, 0.15) is 12.0 Å². The van der Waals surface area contributed by atoms with Gasteiger partial charge in [0.25, 0.3) is 0 Å². The van der Waals surface area contributed by atoms with Crippen LogP contribution in [0.4, 0.5) is 10.1 Å². The van der Waals surface area contributed by atoms with E-state index in [2.05, 4.69) is 10.3 Å². The Hall–Kier alpha value is -2.42. The molecule has 0 bridgehead atoms. The highest BCUT2D eigenvalue weighted by atomic mass is 32.2. The van der Waals surface area contributed by atoms with Crippen molar-refractivity contribution in [3.05, 3.63) is 66.0 Å². The van der Waals surface area contributed by atoms with Crippen LogP contribution in [0.3, 0.4) is 0 Å². The number of amides is 1. The average molecular weight is 430 g/mol. The Morgan fingerprint density at radius 1 is 1.20 bits per heavy atom. The van der Waals surface area contributed by atoms with Crippen molar-refractivity contribution < 1.29 is 19.4 Å². The van der Waals surface area contributed by atoms with Crippen molar-refractivity contribution in [1.82, 2.24) is 4.90 Å². The van der Waals surface area contributed by atoms with Gasteiger partial charge in [0.15, 0.2) is 5.17 Å². The standard InChI is InChI=1S/C22H24FN3O3S/c1-26(12-13-5-3-2-4-6-13)21(29)16-11-17(27)19(28)18-20(16)30-22(25-18)24-15-9-7-14(23)8-10-15/h2-10,16-20,27-28H,11-12H2,1H3,(H,24,25)/t16-,17-,18-,19+,20-/m1/s1. The SMILES string of the molecule is CN(Cc1ccccc1)C(=O)[C@@H]1C[C@@H](O)[C@H](O)[C@H]2N=C(Nc3ccc(F)cc3)S[C@@H]21. The normalized spacial score (nSPS) is 27.9. The van der Waals surface area contributed by atoms with Gasteiger partial charge in [0.05, 0.1) is 18.1 Å². The number of hydrogen-bond acceptors (Lipinski definition) is 6. The number of fused-ring (bicyclic) bond motifs is 1. The van der Waals surface area contributed by atoms with Gasteiger partial charge < -0.3 is 20.4 Å². The van der Waals surface area contributed by atoms with Crippen LogP contribution in [0.15, 0.2) is 59.6 Å². The summed E-state index contributed by atoms with van der Waals surface area (Å²) in [5.41, 5.74) is 1.69. The molecule has 0 aromatic heterocycles. The Balaban J connectivity index is 1.48. The summed E-state index contributed by atoms with van der Waals surface area (Å²) in [6.45, 7) is 0.471. The number of hydrogen-bond donors (Lipinski definition) is 3. The van der Waals surface area contributed by atoms with Gasteiger partial charge in [-0.1, -0.05) is 42.1 Å². The third kappa shape index (κ3) is 4.35. The van der Waals surface area contributed by atoms with Gasteiger partial charge in [0.2, 0.25) is 5.91 Å². The zero-order valence-electron chi connectivity index (χ0n) is 16.5. The van der Waals surface area contributed by atoms with Crippen LogP contribution in [0.2, 0.25) is 0 Å². The number of carbonyl (C=O) groups is 1. The monoisotopic (exact) mass is 429 g/mol. The Labute approximate surface area is 178 Å². The first-order chi connectivity index (χ1) is 14.4. The second-order valence-electron chi connectivity index (χ2n) is 7.72. The summed E-state index contributed by atoms with van der Waals surface area (Å²) in [6.07, 6.45) is -1.86. The molecule has 0 unspecified atom stereocenters. The Bertz CT molecular complexity index is 925. The summed E-state index contributed by atoms with van der Waals surface area (Å²) < 4.78 is 13.1. The molecule has 30 heavy (non-hydrogen) atoms. The number of aliphatic imine (C=N–C) groups is 1. The van der Waals surface area contributed by atoms with Crippen molar-refractivity contribution in [3.63, 3.8) is 0 Å². The number of anilines is 1. The van der Waals surface area contributed by atoms with Gasteiger partial charge in [-0.05, 0) is 36.2 Å². The highest BCUT2D eigenvalue weighted by molar-refractivity contribution is 8.15. The van der Waals surface area contributed by atoms with Crippen molar-refractivity contribution in [2.24, 2.45) is 10.9 Å². The first-order valence-electron chi connectivity index (χ1n) is 9.84. The van der Waals surface area contributed by atoms with Crippen LogP contribution in [0.5, 0.6) is 0 Å². The van der Waals surface area contributed by atoms with E-state index in [1.807, 2.05) is 30.3 Å². The highest BCUT2D eigenvalue weighted by Gasteiger charge is 2.50. The molecule has 1 aliphatic carbocycles. The zero-order chi connectivity index (χ0) is 21.3. The summed E-state index contributed by atoms with van der Waals surface area (Å²) in [5, 5.41) is 24.2. The molecule has 8 heteroatoms. The van der Waals surface area contributed by atoms with E-state index in [1.54, 1.807) is 24.1 Å². The number of carbonyl (C=O) groups excluding carboxylic acids is 1. The predicted molar refractivity (Wildman–Crippen MR) is 116 cm³/mol. The topological polar surface area (TPSA) is 85.2 Å². The molecule has 1 amide bonds. The average Bonchev–Trinajstić information content (AvgIpc) is 3.16. The molecule has 158 valence electrons. The van der Waals surface area contributed by atoms with Gasteiger partial charge in [-0.15, -0.1) is 0 Å². The summed E-state index contributed by atoms with van der Waals surface area (Å²) in [5.74, 6) is -0.880. The number of amidine groups is 1. The van der Waals surface area contributed by atoms with Crippen LogP contribution in [-0.4, -0.2) is 56.7 Å². The van der Waals surface area contributed by atoms with E-state index in [0.29, 0.717) is 17.4 Å². The van der Waals surface area contributed by atoms with Crippen molar-refractivity contribution in [2.75, 3.05) is 12.4 Å². The highest BCUT2D eigenvalue weighted by Crippen LogP contribution is 2.42. The largest absolute Gasteiger partial charge is 0.390 e. The number of aliphatic hydroxyl groups excluding tert-OH is 2. The Kier molecular flexibility index (Phi) is 6.08. The fourth-order valence-electron chi connectivity index (χ4n) is 3.97. The van der Waals surface area contributed by atoms with Crippen LogP contribution >= 0.6 is 11.8 Å². The first-order valence-corrected chi connectivity index (χ1v) is 10.7. The summed E-state index contributed by atoms with van der Waals surface area (Å²) in [7, 11) is 1.75. The number of halogens is 1. The Morgan fingerprint density at radius 3 is 2.60 bits per heavy atom. The van der Waals surface area contributed by atoms with Gasteiger partial charge in [-0.3, -0.25) is 9.79 Å². The van der Waals surface area contributed by atoms with E-state index in [0.717, 1.165) is 5.56 Å². The van der Waals surface area contributed by atoms with Gasteiger partial charge >= 0.3 is 0 Å². The molecule has 1 aliphatic heterocycles. The Morgan fingerprint density at radius 2 is 1.90 bits per heavy atom. The third-order valence-electron chi connectivity index (χ3n) is 5.54. The molecule has 6 nitrogen and oxygen atoms in total. The fraction of sp³-hybridized carbons (Fsp3) is 0.364. The molecule has 2 aromatic carbocycles. The van der Waals surface area contributed by atoms with Crippen molar-refractivity contribution >= 4 is 28.5 Å². The quantitative estimate of drug-likeness (QED) is 0.695. The number of thioether (sulfide) groups is 1. The molecule has 1 saturated carbocycles. The maximum Gasteiger partial charge on any atom is 0.227 e. The van der Waals surface area contributed by atoms with Gasteiger partial charge in [-0.2, -0.15) is 0 Å². The molecule has 0 spiro atoms. The predicted octanol–water partition coefficient (Wildman–Crippen LogP) is 2.48. The minimum atomic E-state index is -1.03. The van der Waals surface area contributed by atoms with E-state index >= 15 is 0 Å². The van der Waals surface area contributed by atoms with E-state index in [1.165, 1.54) is 23.9 Å². The van der Waals surface area contributed by atoms with Crippen molar-refractivity contribution in [1.29, 1.82) is 0 Å². The molecule has 0 saturated heterocycles. The van der Waals surface area contributed by atoms with E-state index < -0.39 is 24.2 Å². The third-order valence-corrected chi connectivity index (χ3v) is 6.85. The summed E-state index contributed by atoms with van der Waals surface area (Å²) >= 11 is 1.39. The fourth-order valence-corrected chi connectivity index (χ4v) is 5.34. The van der Waals surface area contributed by atoms with E-state index in [4.69, 9.17) is 0 Å². The second kappa shape index (κ2) is 8.75. The van der Waals surface area contributed by atoms with Crippen molar-refractivity contribution in [2.45, 2.75) is 36.5 Å². The molecule has 1 heterocycles. The smallest absolute Gasteiger partial charge is 0.227 e. The molecule has 2 aliphatic rings. The lowest BCUT2D eigenvalue weighted by Crippen LogP contribution is -2.54. The summed E-state index contributed by atoms with van der Waals surface area (Å²) in [4.78, 5) is 19.4. The lowest BCUT2D eigenvalue weighted by molar-refractivity contribution is -0.139. The molecule has 4 rings (SSSR count). The summed E-state index contributed by atoms with van der Waals surface area (Å²) in [6, 6.07) is 15.0. The minimum Gasteiger partial charge on any atom is -0.390 e. The van der Waals surface area contributed by atoms with Crippen LogP contribution in [-0.2, 0) is 11.3 Å². The number of rotatable bonds is 4. The molecule has 2 aromatic rings. The lowest BCUT2D eigenvalue weighted by Gasteiger charge is -2.38. The number of nitrogens with zero attached hydrogens (tertiary/aromatic N) is 2. The first kappa shape index (κ1) is 20.8. The van der Waals surface area contributed by atoms with Gasteiger partial charge in [-0.25, -0.2) is 4.39 Å². The second-order valence-corrected chi connectivity index (χ2v) is 8.89. The van der Waals surface area contributed by atoms with E-state index in [9.17, 15) is 19.4 Å². The van der Waals surface area contributed by atoms with Gasteiger partial charge in [0.1, 0.15) is 11.9 Å². The zero-order valence-corrected chi connectivity index (χ0v) is 17.3. The number of aliphatic hydroxyl groups is 2. The van der Waals surface area contributed by atoms with Gasteiger partial charge in [0, 0.05) is 24.5 Å². The van der Waals surface area contributed by atoms with Crippen LogP contribution < -0.4 is 5.32 Å². The molecular formula is C22H24FN3O3S. The maximum absolute atomic E-state index is 13.2. The van der Waals surface area contributed by atoms with Crippen LogP contribution in [0, 0.1) is 11.7 Å². The molecule has 1 fully saturated rings. The molecule has 0 radical (unpaired) electrons. The maximum atomic E-state index is 13.2. The molecular weight excluding hydrogens is 405 g/mol. The van der Waals surface area contributed by atoms with Crippen LogP contribution in [0.25, 0.3) is 0 Å². The van der Waals surface area contributed by atoms with Crippen molar-refractivity contribution in [3.8, 4) is 0 Å². The minimum absolute atomic E-state index is 0.0782. The molecule has 5 atom stereocenters. The number of benzene rings is 2. The number of nitrogens with one attached hydrogen (secondary N) is 1. The van der Waals surface area contributed by atoms with E-state index in [-0.39, 0.29) is 23.4 Å². The lowest BCUT2D eigenvalue weighted by atomic mass is 9.80.